The first-order valence-corrected chi connectivity index (χ1v) is 12.5. The lowest BCUT2D eigenvalue weighted by Gasteiger charge is -2.29. The molecule has 0 unspecified atom stereocenters. The standard InChI is InChI=1S/C28H25ClFN7O/c1-31-26-24(3-2-4-25(26)38-18-19-5-7-20(30)8-6-19)35-27-23(29)17-33-28(36-27)34-21-9-11-22(12-10-21)37-15-13-32-14-16-37/h2-12,17,32H,13-16,18H2,(H2,33,34,35,36). The second kappa shape index (κ2) is 11.8. The highest BCUT2D eigenvalue weighted by atomic mass is 35.5. The van der Waals surface area contributed by atoms with Gasteiger partial charge in [0.05, 0.1) is 12.8 Å². The molecule has 1 fully saturated rings. The summed E-state index contributed by atoms with van der Waals surface area (Å²) in [5, 5.41) is 10.0. The van der Waals surface area contributed by atoms with Crippen molar-refractivity contribution in [1.82, 2.24) is 15.3 Å². The zero-order valence-corrected chi connectivity index (χ0v) is 21.2. The Bertz CT molecular complexity index is 1440. The smallest absolute Gasteiger partial charge is 0.250 e. The fourth-order valence-corrected chi connectivity index (χ4v) is 4.19. The lowest BCUT2D eigenvalue weighted by molar-refractivity contribution is 0.308. The van der Waals surface area contributed by atoms with Crippen LogP contribution in [-0.2, 0) is 6.61 Å². The summed E-state index contributed by atoms with van der Waals surface area (Å²) in [6, 6.07) is 19.4. The molecule has 5 rings (SSSR count). The van der Waals surface area contributed by atoms with Crippen molar-refractivity contribution in [2.24, 2.45) is 0 Å². The zero-order valence-electron chi connectivity index (χ0n) is 20.4. The summed E-state index contributed by atoms with van der Waals surface area (Å²) in [5.74, 6) is 0.786. The molecule has 8 nitrogen and oxygen atoms in total. The average molecular weight is 530 g/mol. The van der Waals surface area contributed by atoms with Crippen molar-refractivity contribution >= 4 is 46.1 Å². The monoisotopic (exact) mass is 529 g/mol. The van der Waals surface area contributed by atoms with Crippen LogP contribution in [0.5, 0.6) is 5.75 Å². The number of halogens is 2. The predicted octanol–water partition coefficient (Wildman–Crippen LogP) is 6.30. The molecule has 1 aliphatic heterocycles. The molecule has 0 atom stereocenters. The summed E-state index contributed by atoms with van der Waals surface area (Å²) < 4.78 is 19.0. The molecule has 1 aromatic heterocycles. The van der Waals surface area contributed by atoms with E-state index in [0.717, 1.165) is 37.4 Å². The summed E-state index contributed by atoms with van der Waals surface area (Å²) in [4.78, 5) is 14.8. The summed E-state index contributed by atoms with van der Waals surface area (Å²) in [6.07, 6.45) is 1.50. The Morgan fingerprint density at radius 3 is 2.53 bits per heavy atom. The molecule has 1 saturated heterocycles. The minimum Gasteiger partial charge on any atom is -0.500 e. The largest absolute Gasteiger partial charge is 0.500 e. The average Bonchev–Trinajstić information content (AvgIpc) is 2.95. The fraction of sp³-hybridized carbons (Fsp3) is 0.179. The van der Waals surface area contributed by atoms with Gasteiger partial charge in [-0.3, -0.25) is 0 Å². The predicted molar refractivity (Wildman–Crippen MR) is 149 cm³/mol. The van der Waals surface area contributed by atoms with E-state index in [0.29, 0.717) is 28.2 Å². The van der Waals surface area contributed by atoms with Crippen LogP contribution >= 0.6 is 11.6 Å². The number of aromatic nitrogens is 2. The number of anilines is 5. The Morgan fingerprint density at radius 2 is 1.79 bits per heavy atom. The molecule has 1 aliphatic rings. The van der Waals surface area contributed by atoms with Gasteiger partial charge in [0.1, 0.15) is 23.2 Å². The van der Waals surface area contributed by atoms with E-state index in [1.54, 1.807) is 30.3 Å². The van der Waals surface area contributed by atoms with Crippen LogP contribution < -0.4 is 25.6 Å². The van der Waals surface area contributed by atoms with E-state index in [4.69, 9.17) is 22.9 Å². The third kappa shape index (κ3) is 6.11. The molecular weight excluding hydrogens is 505 g/mol. The van der Waals surface area contributed by atoms with Crippen LogP contribution in [0.1, 0.15) is 5.56 Å². The Hall–Kier alpha value is -4.39. The number of hydrogen-bond donors (Lipinski definition) is 3. The quantitative estimate of drug-likeness (QED) is 0.231. The molecule has 38 heavy (non-hydrogen) atoms. The molecule has 0 aliphatic carbocycles. The lowest BCUT2D eigenvalue weighted by atomic mass is 10.2. The van der Waals surface area contributed by atoms with E-state index in [1.807, 2.05) is 12.1 Å². The van der Waals surface area contributed by atoms with Gasteiger partial charge in [0, 0.05) is 43.2 Å². The van der Waals surface area contributed by atoms with Gasteiger partial charge in [-0.25, -0.2) is 14.2 Å². The van der Waals surface area contributed by atoms with Crippen molar-refractivity contribution in [3.05, 3.63) is 101 Å². The maximum atomic E-state index is 13.2. The molecule has 3 N–H and O–H groups in total. The van der Waals surface area contributed by atoms with Gasteiger partial charge >= 0.3 is 0 Å². The second-order valence-corrected chi connectivity index (χ2v) is 9.01. The zero-order chi connectivity index (χ0) is 26.3. The number of nitrogens with one attached hydrogen (secondary N) is 3. The van der Waals surface area contributed by atoms with Crippen molar-refractivity contribution in [3.63, 3.8) is 0 Å². The molecule has 0 bridgehead atoms. The van der Waals surface area contributed by atoms with E-state index >= 15 is 0 Å². The van der Waals surface area contributed by atoms with Crippen molar-refractivity contribution in [3.8, 4) is 5.75 Å². The number of rotatable bonds is 8. The molecule has 4 aromatic rings. The SMILES string of the molecule is [C-]#[N+]c1c(Nc2nc(Nc3ccc(N4CCNCC4)cc3)ncc2Cl)cccc1OCc1ccc(F)cc1. The minimum atomic E-state index is -0.315. The first-order valence-electron chi connectivity index (χ1n) is 12.1. The Balaban J connectivity index is 1.29. The Morgan fingerprint density at radius 1 is 1.03 bits per heavy atom. The van der Waals surface area contributed by atoms with Crippen molar-refractivity contribution < 1.29 is 9.13 Å². The summed E-state index contributed by atoms with van der Waals surface area (Å²) in [5.41, 5.74) is 3.57. The molecule has 0 saturated carbocycles. The number of benzene rings is 3. The number of hydrogen-bond acceptors (Lipinski definition) is 7. The van der Waals surface area contributed by atoms with Gasteiger partial charge in [-0.15, -0.1) is 0 Å². The molecular formula is C28H25ClFN7O. The van der Waals surface area contributed by atoms with Crippen molar-refractivity contribution in [2.75, 3.05) is 41.7 Å². The van der Waals surface area contributed by atoms with Crippen molar-refractivity contribution in [1.29, 1.82) is 0 Å². The minimum absolute atomic E-state index is 0.196. The number of nitrogens with zero attached hydrogens (tertiary/aromatic N) is 4. The van der Waals surface area contributed by atoms with Gasteiger partial charge in [-0.05, 0) is 54.1 Å². The van der Waals surface area contributed by atoms with E-state index in [9.17, 15) is 4.39 Å². The molecule has 0 spiro atoms. The second-order valence-electron chi connectivity index (χ2n) is 8.60. The Kier molecular flexibility index (Phi) is 7.83. The van der Waals surface area contributed by atoms with E-state index in [2.05, 4.69) is 47.8 Å². The summed E-state index contributed by atoms with van der Waals surface area (Å²) >= 11 is 6.38. The molecule has 10 heteroatoms. The first-order chi connectivity index (χ1) is 18.6. The van der Waals surface area contributed by atoms with Gasteiger partial charge in [-0.2, -0.15) is 4.98 Å². The van der Waals surface area contributed by atoms with Crippen LogP contribution in [0.3, 0.4) is 0 Å². The molecule has 0 radical (unpaired) electrons. The van der Waals surface area contributed by atoms with E-state index < -0.39 is 0 Å². The third-order valence-corrected chi connectivity index (χ3v) is 6.30. The van der Waals surface area contributed by atoms with Gasteiger partial charge in [0.25, 0.3) is 5.69 Å². The van der Waals surface area contributed by atoms with Crippen LogP contribution in [0, 0.1) is 12.4 Å². The normalized spacial score (nSPS) is 13.0. The van der Waals surface area contributed by atoms with Gasteiger partial charge in [0.2, 0.25) is 5.95 Å². The maximum Gasteiger partial charge on any atom is 0.250 e. The van der Waals surface area contributed by atoms with E-state index in [-0.39, 0.29) is 18.1 Å². The van der Waals surface area contributed by atoms with Crippen LogP contribution in [-0.4, -0.2) is 36.1 Å². The van der Waals surface area contributed by atoms with Gasteiger partial charge in [0.15, 0.2) is 5.82 Å². The molecule has 192 valence electrons. The lowest BCUT2D eigenvalue weighted by Crippen LogP contribution is -2.43. The van der Waals surface area contributed by atoms with Crippen LogP contribution in [0.4, 0.5) is 38.9 Å². The first kappa shape index (κ1) is 25.3. The number of para-hydroxylation sites is 1. The number of piperazine rings is 1. The molecule has 3 aromatic carbocycles. The van der Waals surface area contributed by atoms with Crippen molar-refractivity contribution in [2.45, 2.75) is 6.61 Å². The topological polar surface area (TPSA) is 78.7 Å². The highest BCUT2D eigenvalue weighted by Gasteiger charge is 2.14. The Labute approximate surface area is 225 Å². The highest BCUT2D eigenvalue weighted by molar-refractivity contribution is 6.33. The molecule has 2 heterocycles. The molecule has 0 amide bonds. The third-order valence-electron chi connectivity index (χ3n) is 6.02. The summed E-state index contributed by atoms with van der Waals surface area (Å²) in [7, 11) is 0. The van der Waals surface area contributed by atoms with Gasteiger partial charge < -0.3 is 25.6 Å². The summed E-state index contributed by atoms with van der Waals surface area (Å²) in [6.45, 7) is 11.8. The van der Waals surface area contributed by atoms with Gasteiger partial charge in [-0.1, -0.05) is 29.8 Å². The van der Waals surface area contributed by atoms with E-state index in [1.165, 1.54) is 24.0 Å². The maximum absolute atomic E-state index is 13.2. The van der Waals surface area contributed by atoms with Crippen LogP contribution in [0.15, 0.2) is 72.9 Å². The fourth-order valence-electron chi connectivity index (χ4n) is 4.05. The highest BCUT2D eigenvalue weighted by Crippen LogP contribution is 2.38. The van der Waals surface area contributed by atoms with Crippen LogP contribution in [0.25, 0.3) is 4.85 Å². The number of ether oxygens (including phenoxy) is 1. The van der Waals surface area contributed by atoms with Crippen LogP contribution in [0.2, 0.25) is 5.02 Å².